The summed E-state index contributed by atoms with van der Waals surface area (Å²) in [5.41, 5.74) is -2.90. The molecule has 1 fully saturated rings. The first-order valence-electron chi connectivity index (χ1n) is 13.1. The highest BCUT2D eigenvalue weighted by Crippen LogP contribution is 2.41. The van der Waals surface area contributed by atoms with Gasteiger partial charge < -0.3 is 10.4 Å². The molecule has 1 amide bonds. The Morgan fingerprint density at radius 1 is 1.21 bits per heavy atom. The number of aromatic nitrogens is 3. The quantitative estimate of drug-likeness (QED) is 0.317. The first-order valence-corrected chi connectivity index (χ1v) is 13.4. The number of carbonyl (C=O) groups is 1. The minimum atomic E-state index is -4.41. The largest absolute Gasteiger partial charge is 0.389 e. The molecule has 0 bridgehead atoms. The monoisotopic (exact) mass is 578 g/mol. The summed E-state index contributed by atoms with van der Waals surface area (Å²) in [6.07, 6.45) is -1.77. The standard InChI is InChI=1S/C27H36ClF5N4O2/c1-6-37-22(20(28)21(36-37)23(38)35-15-26(39)9-7-16(2)8-10-26)18-13-34-17(11-19(18)25(5,29)30)12-24(3,4)14-27(31,32)33/h11,13,16,39H,6-10,12,14-15H2,1-5H3,(H,35,38). The number of nitrogens with zero attached hydrogens (tertiary/aromatic N) is 3. The van der Waals surface area contributed by atoms with E-state index in [2.05, 4.69) is 22.3 Å². The zero-order chi connectivity index (χ0) is 29.4. The number of hydrogen-bond donors (Lipinski definition) is 2. The molecule has 218 valence electrons. The van der Waals surface area contributed by atoms with E-state index in [0.29, 0.717) is 25.7 Å². The van der Waals surface area contributed by atoms with Crippen LogP contribution in [0.5, 0.6) is 0 Å². The fraction of sp³-hybridized carbons (Fsp3) is 0.667. The van der Waals surface area contributed by atoms with Gasteiger partial charge in [-0.3, -0.25) is 14.5 Å². The van der Waals surface area contributed by atoms with Crippen molar-refractivity contribution in [3.8, 4) is 11.3 Å². The Bertz CT molecular complexity index is 1180. The van der Waals surface area contributed by atoms with Gasteiger partial charge in [0.05, 0.1) is 16.3 Å². The van der Waals surface area contributed by atoms with Crippen molar-refractivity contribution in [3.63, 3.8) is 0 Å². The maximum atomic E-state index is 14.8. The smallest absolute Gasteiger partial charge is 0.388 e. The Kier molecular flexibility index (Phi) is 9.07. The van der Waals surface area contributed by atoms with E-state index in [1.807, 2.05) is 0 Å². The third kappa shape index (κ3) is 7.90. The first kappa shape index (κ1) is 31.3. The fourth-order valence-corrected chi connectivity index (χ4v) is 5.44. The van der Waals surface area contributed by atoms with Crippen LogP contribution in [0.4, 0.5) is 22.0 Å². The van der Waals surface area contributed by atoms with Crippen molar-refractivity contribution in [2.24, 2.45) is 11.3 Å². The SMILES string of the molecule is CCn1nc(C(=O)NCC2(O)CCC(C)CC2)c(Cl)c1-c1cnc(CC(C)(C)CC(F)(F)F)cc1C(C)(F)F. The van der Waals surface area contributed by atoms with Crippen LogP contribution < -0.4 is 5.32 Å². The molecule has 0 atom stereocenters. The number of amides is 1. The number of aryl methyl sites for hydroxylation is 1. The number of aliphatic hydroxyl groups is 1. The molecule has 39 heavy (non-hydrogen) atoms. The molecule has 0 spiro atoms. The van der Waals surface area contributed by atoms with Gasteiger partial charge in [-0.1, -0.05) is 32.4 Å². The lowest BCUT2D eigenvalue weighted by Gasteiger charge is -2.34. The van der Waals surface area contributed by atoms with Crippen molar-refractivity contribution >= 4 is 17.5 Å². The van der Waals surface area contributed by atoms with E-state index in [9.17, 15) is 31.9 Å². The average molecular weight is 579 g/mol. The van der Waals surface area contributed by atoms with Gasteiger partial charge in [-0.05, 0) is 56.4 Å². The third-order valence-electron chi connectivity index (χ3n) is 7.22. The zero-order valence-electron chi connectivity index (χ0n) is 22.9. The molecular weight excluding hydrogens is 543 g/mol. The van der Waals surface area contributed by atoms with Crippen LogP contribution in [-0.2, 0) is 18.9 Å². The number of carbonyl (C=O) groups excluding carboxylic acids is 1. The van der Waals surface area contributed by atoms with E-state index in [1.54, 1.807) is 6.92 Å². The van der Waals surface area contributed by atoms with E-state index in [0.717, 1.165) is 25.1 Å². The summed E-state index contributed by atoms with van der Waals surface area (Å²) in [5, 5.41) is 17.6. The Morgan fingerprint density at radius 3 is 2.36 bits per heavy atom. The molecule has 1 aliphatic rings. The minimum absolute atomic E-state index is 0.00540. The second kappa shape index (κ2) is 11.3. The summed E-state index contributed by atoms with van der Waals surface area (Å²) in [6.45, 7) is 7.48. The molecule has 2 heterocycles. The maximum absolute atomic E-state index is 14.8. The van der Waals surface area contributed by atoms with Crippen LogP contribution in [0.3, 0.4) is 0 Å². The molecule has 1 saturated carbocycles. The number of hydrogen-bond acceptors (Lipinski definition) is 4. The van der Waals surface area contributed by atoms with Crippen molar-refractivity contribution in [1.29, 1.82) is 0 Å². The number of halogens is 6. The molecule has 2 aromatic rings. The second-order valence-corrected chi connectivity index (χ2v) is 12.0. The van der Waals surface area contributed by atoms with Crippen LogP contribution in [0, 0.1) is 11.3 Å². The molecule has 1 aliphatic carbocycles. The van der Waals surface area contributed by atoms with E-state index in [-0.39, 0.29) is 47.2 Å². The van der Waals surface area contributed by atoms with Gasteiger partial charge in [0.25, 0.3) is 11.8 Å². The van der Waals surface area contributed by atoms with Crippen LogP contribution in [0.15, 0.2) is 12.3 Å². The van der Waals surface area contributed by atoms with Gasteiger partial charge in [0.1, 0.15) is 0 Å². The molecule has 0 saturated heterocycles. The van der Waals surface area contributed by atoms with Crippen LogP contribution in [0.2, 0.25) is 5.02 Å². The lowest BCUT2D eigenvalue weighted by atomic mass is 9.79. The van der Waals surface area contributed by atoms with Gasteiger partial charge in [-0.15, -0.1) is 0 Å². The summed E-state index contributed by atoms with van der Waals surface area (Å²) in [5.74, 6) is -3.54. The van der Waals surface area contributed by atoms with Gasteiger partial charge in [0, 0.05) is 49.5 Å². The van der Waals surface area contributed by atoms with Gasteiger partial charge in [0.2, 0.25) is 0 Å². The lowest BCUT2D eigenvalue weighted by molar-refractivity contribution is -0.154. The van der Waals surface area contributed by atoms with Crippen molar-refractivity contribution in [1.82, 2.24) is 20.1 Å². The molecule has 0 aromatic carbocycles. The Balaban J connectivity index is 1.94. The van der Waals surface area contributed by atoms with Gasteiger partial charge in [-0.25, -0.2) is 8.78 Å². The molecule has 3 rings (SSSR count). The van der Waals surface area contributed by atoms with Gasteiger partial charge in [0.15, 0.2) is 5.69 Å². The summed E-state index contributed by atoms with van der Waals surface area (Å²) in [7, 11) is 0. The van der Waals surface area contributed by atoms with E-state index < -0.39 is 41.0 Å². The molecule has 0 aliphatic heterocycles. The zero-order valence-corrected chi connectivity index (χ0v) is 23.6. The predicted molar refractivity (Wildman–Crippen MR) is 139 cm³/mol. The van der Waals surface area contributed by atoms with Crippen LogP contribution in [-0.4, -0.2) is 44.1 Å². The molecule has 6 nitrogen and oxygen atoms in total. The molecule has 0 unspecified atom stereocenters. The highest BCUT2D eigenvalue weighted by atomic mass is 35.5. The van der Waals surface area contributed by atoms with Crippen molar-refractivity contribution < 1.29 is 31.9 Å². The number of nitrogens with one attached hydrogen (secondary N) is 1. The summed E-state index contributed by atoms with van der Waals surface area (Å²) in [4.78, 5) is 17.2. The number of pyridine rings is 1. The van der Waals surface area contributed by atoms with Crippen molar-refractivity contribution in [2.75, 3.05) is 6.54 Å². The lowest BCUT2D eigenvalue weighted by Crippen LogP contribution is -2.45. The average Bonchev–Trinajstić information content (AvgIpc) is 3.13. The molecule has 2 aromatic heterocycles. The van der Waals surface area contributed by atoms with E-state index >= 15 is 0 Å². The highest BCUT2D eigenvalue weighted by molar-refractivity contribution is 6.36. The molecule has 0 radical (unpaired) electrons. The Labute approximate surface area is 230 Å². The summed E-state index contributed by atoms with van der Waals surface area (Å²) < 4.78 is 69.9. The van der Waals surface area contributed by atoms with Gasteiger partial charge in [-0.2, -0.15) is 18.3 Å². The van der Waals surface area contributed by atoms with Crippen LogP contribution >= 0.6 is 11.6 Å². The normalized spacial score (nSPS) is 20.8. The van der Waals surface area contributed by atoms with Gasteiger partial charge >= 0.3 is 6.18 Å². The Hall–Kier alpha value is -2.27. The van der Waals surface area contributed by atoms with Crippen molar-refractivity contribution in [2.45, 2.75) is 97.4 Å². The van der Waals surface area contributed by atoms with E-state index in [4.69, 9.17) is 11.6 Å². The minimum Gasteiger partial charge on any atom is -0.388 e. The molecule has 12 heteroatoms. The topological polar surface area (TPSA) is 80.0 Å². The highest BCUT2D eigenvalue weighted by Gasteiger charge is 2.38. The fourth-order valence-electron chi connectivity index (χ4n) is 5.12. The number of rotatable bonds is 9. The number of alkyl halides is 5. The predicted octanol–water partition coefficient (Wildman–Crippen LogP) is 6.92. The maximum Gasteiger partial charge on any atom is 0.389 e. The molecular formula is C27H36ClF5N4O2. The summed E-state index contributed by atoms with van der Waals surface area (Å²) >= 11 is 6.55. The first-order chi connectivity index (χ1) is 17.8. The van der Waals surface area contributed by atoms with Crippen molar-refractivity contribution in [3.05, 3.63) is 34.2 Å². The summed E-state index contributed by atoms with van der Waals surface area (Å²) in [6, 6.07) is 1.09. The Morgan fingerprint density at radius 2 is 1.82 bits per heavy atom. The van der Waals surface area contributed by atoms with Crippen LogP contribution in [0.25, 0.3) is 11.3 Å². The molecule has 2 N–H and O–H groups in total. The third-order valence-corrected chi connectivity index (χ3v) is 7.58. The van der Waals surface area contributed by atoms with E-state index in [1.165, 1.54) is 18.5 Å². The second-order valence-electron chi connectivity index (χ2n) is 11.7. The van der Waals surface area contributed by atoms with Crippen LogP contribution in [0.1, 0.15) is 88.5 Å².